The lowest BCUT2D eigenvalue weighted by atomic mass is 9.86. The summed E-state index contributed by atoms with van der Waals surface area (Å²) in [5, 5.41) is 9.16. The van der Waals surface area contributed by atoms with Gasteiger partial charge in [-0.05, 0) is 37.9 Å². The van der Waals surface area contributed by atoms with Crippen LogP contribution >= 0.6 is 0 Å². The number of hydrogen-bond acceptors (Lipinski definition) is 4. The van der Waals surface area contributed by atoms with E-state index in [9.17, 15) is 4.79 Å². The number of carboxylic acids is 1. The highest BCUT2D eigenvalue weighted by molar-refractivity contribution is 5.66. The first-order valence-corrected chi connectivity index (χ1v) is 10.2. The van der Waals surface area contributed by atoms with E-state index in [2.05, 4.69) is 58.2 Å². The van der Waals surface area contributed by atoms with E-state index in [0.29, 0.717) is 12.0 Å². The van der Waals surface area contributed by atoms with Crippen molar-refractivity contribution in [3.8, 4) is 0 Å². The molecule has 5 nitrogen and oxygen atoms in total. The van der Waals surface area contributed by atoms with E-state index in [4.69, 9.17) is 5.11 Å². The molecule has 0 amide bonds. The molecule has 0 spiro atoms. The largest absolute Gasteiger partial charge is 0.481 e. The van der Waals surface area contributed by atoms with Crippen LogP contribution in [0.3, 0.4) is 0 Å². The number of benzene rings is 1. The highest BCUT2D eigenvalue weighted by Crippen LogP contribution is 2.27. The Morgan fingerprint density at radius 3 is 2.59 bits per heavy atom. The quantitative estimate of drug-likeness (QED) is 0.798. The van der Waals surface area contributed by atoms with Gasteiger partial charge in [0.05, 0.1) is 0 Å². The number of aliphatic carboxylic acids is 1. The first kappa shape index (κ1) is 20.1. The molecule has 2 heterocycles. The molecule has 0 radical (unpaired) electrons. The Bertz CT molecular complexity index is 611. The monoisotopic (exact) mass is 371 g/mol. The SMILES string of the molecule is CN1CCN([C@H]2CCN(C/C=C/c3ccccc3)C[C@H]2CCC(=O)O)CC1. The van der Waals surface area contributed by atoms with E-state index >= 15 is 0 Å². The summed E-state index contributed by atoms with van der Waals surface area (Å²) in [6, 6.07) is 10.9. The maximum atomic E-state index is 11.1. The third-order valence-corrected chi connectivity index (χ3v) is 5.99. The molecule has 3 rings (SSSR count). The fourth-order valence-electron chi connectivity index (χ4n) is 4.39. The molecule has 148 valence electrons. The van der Waals surface area contributed by atoms with Crippen LogP contribution in [0.5, 0.6) is 0 Å². The van der Waals surface area contributed by atoms with Crippen LogP contribution in [0.1, 0.15) is 24.8 Å². The summed E-state index contributed by atoms with van der Waals surface area (Å²) in [6.07, 6.45) is 6.62. The molecule has 0 unspecified atom stereocenters. The second-order valence-corrected chi connectivity index (χ2v) is 7.96. The van der Waals surface area contributed by atoms with Gasteiger partial charge in [-0.25, -0.2) is 0 Å². The van der Waals surface area contributed by atoms with Crippen LogP contribution in [0.15, 0.2) is 36.4 Å². The smallest absolute Gasteiger partial charge is 0.303 e. The predicted molar refractivity (Wildman–Crippen MR) is 110 cm³/mol. The molecule has 0 aromatic heterocycles. The average molecular weight is 372 g/mol. The zero-order valence-electron chi connectivity index (χ0n) is 16.5. The first-order valence-electron chi connectivity index (χ1n) is 10.2. The molecule has 2 aliphatic rings. The first-order chi connectivity index (χ1) is 13.1. The zero-order chi connectivity index (χ0) is 19.1. The van der Waals surface area contributed by atoms with Gasteiger partial charge in [-0.15, -0.1) is 0 Å². The van der Waals surface area contributed by atoms with E-state index < -0.39 is 5.97 Å². The van der Waals surface area contributed by atoms with E-state index in [-0.39, 0.29) is 6.42 Å². The standard InChI is InChI=1S/C22H33N3O2/c1-23-14-16-25(17-15-23)21-11-13-24(18-20(21)9-10-22(26)27)12-5-8-19-6-3-2-4-7-19/h2-8,20-21H,9-18H2,1H3,(H,26,27)/b8-5+/t20-,21+/m1/s1. The molecule has 0 saturated carbocycles. The number of piperidine rings is 1. The fourth-order valence-corrected chi connectivity index (χ4v) is 4.39. The van der Waals surface area contributed by atoms with Gasteiger partial charge in [0, 0.05) is 51.7 Å². The molecular weight excluding hydrogens is 338 g/mol. The number of hydrogen-bond donors (Lipinski definition) is 1. The van der Waals surface area contributed by atoms with Gasteiger partial charge in [-0.1, -0.05) is 42.5 Å². The van der Waals surface area contributed by atoms with Crippen LogP contribution in [0.25, 0.3) is 6.08 Å². The molecule has 1 aromatic carbocycles. The van der Waals surface area contributed by atoms with Gasteiger partial charge in [0.25, 0.3) is 0 Å². The van der Waals surface area contributed by atoms with E-state index in [1.807, 2.05) is 6.07 Å². The Kier molecular flexibility index (Phi) is 7.44. The Morgan fingerprint density at radius 2 is 1.89 bits per heavy atom. The minimum atomic E-state index is -0.673. The van der Waals surface area contributed by atoms with Crippen LogP contribution in [0.2, 0.25) is 0 Å². The third kappa shape index (κ3) is 6.16. The van der Waals surface area contributed by atoms with Crippen LogP contribution in [0.4, 0.5) is 0 Å². The lowest BCUT2D eigenvalue weighted by Crippen LogP contribution is -2.56. The highest BCUT2D eigenvalue weighted by atomic mass is 16.4. The number of nitrogens with zero attached hydrogens (tertiary/aromatic N) is 3. The number of rotatable bonds is 7. The molecule has 2 fully saturated rings. The number of likely N-dealkylation sites (N-methyl/N-ethyl adjacent to an activating group) is 1. The number of carbonyl (C=O) groups is 1. The molecule has 0 aliphatic carbocycles. The normalized spacial score (nSPS) is 25.8. The second-order valence-electron chi connectivity index (χ2n) is 7.96. The minimum absolute atomic E-state index is 0.280. The highest BCUT2D eigenvalue weighted by Gasteiger charge is 2.34. The van der Waals surface area contributed by atoms with Gasteiger partial charge >= 0.3 is 5.97 Å². The van der Waals surface area contributed by atoms with Crippen molar-refractivity contribution in [1.82, 2.24) is 14.7 Å². The van der Waals surface area contributed by atoms with Gasteiger partial charge < -0.3 is 10.0 Å². The maximum absolute atomic E-state index is 11.1. The summed E-state index contributed by atoms with van der Waals surface area (Å²) in [5.41, 5.74) is 1.23. The van der Waals surface area contributed by atoms with Gasteiger partial charge in [-0.2, -0.15) is 0 Å². The lowest BCUT2D eigenvalue weighted by Gasteiger charge is -2.46. The summed E-state index contributed by atoms with van der Waals surface area (Å²) >= 11 is 0. The van der Waals surface area contributed by atoms with Crippen LogP contribution in [0, 0.1) is 5.92 Å². The lowest BCUT2D eigenvalue weighted by molar-refractivity contribution is -0.137. The van der Waals surface area contributed by atoms with Crippen LogP contribution in [-0.2, 0) is 4.79 Å². The van der Waals surface area contributed by atoms with Gasteiger partial charge in [0.1, 0.15) is 0 Å². The molecule has 2 atom stereocenters. The molecular formula is C22H33N3O2. The average Bonchev–Trinajstić information content (AvgIpc) is 2.68. The Labute approximate surface area is 163 Å². The van der Waals surface area contributed by atoms with Crippen molar-refractivity contribution in [2.24, 2.45) is 5.92 Å². The van der Waals surface area contributed by atoms with Crippen molar-refractivity contribution in [2.45, 2.75) is 25.3 Å². The number of piperazine rings is 1. The second kappa shape index (κ2) is 10.0. The molecule has 2 aliphatic heterocycles. The maximum Gasteiger partial charge on any atom is 0.303 e. The van der Waals surface area contributed by atoms with Gasteiger partial charge in [-0.3, -0.25) is 14.6 Å². The van der Waals surface area contributed by atoms with Gasteiger partial charge in [0.15, 0.2) is 0 Å². The third-order valence-electron chi connectivity index (χ3n) is 5.99. The summed E-state index contributed by atoms with van der Waals surface area (Å²) in [4.78, 5) is 18.6. The van der Waals surface area contributed by atoms with Crippen molar-refractivity contribution in [3.05, 3.63) is 42.0 Å². The molecule has 27 heavy (non-hydrogen) atoms. The summed E-state index contributed by atoms with van der Waals surface area (Å²) in [7, 11) is 2.18. The minimum Gasteiger partial charge on any atom is -0.481 e. The fraction of sp³-hybridized carbons (Fsp3) is 0.591. The number of carboxylic acid groups (broad SMARTS) is 1. The zero-order valence-corrected chi connectivity index (χ0v) is 16.5. The van der Waals surface area contributed by atoms with E-state index in [1.54, 1.807) is 0 Å². The van der Waals surface area contributed by atoms with Gasteiger partial charge in [0.2, 0.25) is 0 Å². The van der Waals surface area contributed by atoms with E-state index in [1.165, 1.54) is 5.56 Å². The topological polar surface area (TPSA) is 47.0 Å². The Morgan fingerprint density at radius 1 is 1.15 bits per heavy atom. The molecule has 1 N–H and O–H groups in total. The molecule has 1 aromatic rings. The van der Waals surface area contributed by atoms with Crippen LogP contribution < -0.4 is 0 Å². The van der Waals surface area contributed by atoms with Crippen LogP contribution in [-0.4, -0.2) is 84.7 Å². The van der Waals surface area contributed by atoms with Crippen molar-refractivity contribution >= 4 is 12.0 Å². The Hall–Kier alpha value is -1.69. The Balaban J connectivity index is 1.56. The van der Waals surface area contributed by atoms with Crippen molar-refractivity contribution < 1.29 is 9.90 Å². The molecule has 5 heteroatoms. The van der Waals surface area contributed by atoms with Crippen molar-refractivity contribution in [3.63, 3.8) is 0 Å². The summed E-state index contributed by atoms with van der Waals surface area (Å²) in [6.45, 7) is 7.49. The summed E-state index contributed by atoms with van der Waals surface area (Å²) in [5.74, 6) is -0.225. The van der Waals surface area contributed by atoms with Crippen molar-refractivity contribution in [2.75, 3.05) is 52.9 Å². The van der Waals surface area contributed by atoms with E-state index in [0.717, 1.165) is 58.7 Å². The predicted octanol–water partition coefficient (Wildman–Crippen LogP) is 2.50. The van der Waals surface area contributed by atoms with Crippen molar-refractivity contribution in [1.29, 1.82) is 0 Å². The summed E-state index contributed by atoms with van der Waals surface area (Å²) < 4.78 is 0. The molecule has 2 saturated heterocycles. The molecule has 0 bridgehead atoms. The number of likely N-dealkylation sites (tertiary alicyclic amines) is 1.